The first-order valence-electron chi connectivity index (χ1n) is 12.1. The quantitative estimate of drug-likeness (QED) is 0.497. The van der Waals surface area contributed by atoms with Crippen molar-refractivity contribution < 1.29 is 19.1 Å². The Morgan fingerprint density at radius 2 is 1.97 bits per heavy atom. The molecule has 9 nitrogen and oxygen atoms in total. The van der Waals surface area contributed by atoms with Crippen molar-refractivity contribution in [2.24, 2.45) is 5.92 Å². The fourth-order valence-corrected chi connectivity index (χ4v) is 6.85. The van der Waals surface area contributed by atoms with Gasteiger partial charge in [-0.2, -0.15) is 0 Å². The number of ether oxygens (including phenoxy) is 1. The van der Waals surface area contributed by atoms with E-state index in [-0.39, 0.29) is 47.6 Å². The number of nitrogens with one attached hydrogen (secondary N) is 4. The van der Waals surface area contributed by atoms with E-state index in [1.54, 1.807) is 0 Å². The molecule has 4 aliphatic heterocycles. The number of hydrogen-bond donors (Lipinski definition) is 4. The van der Waals surface area contributed by atoms with Crippen molar-refractivity contribution >= 4 is 35.3 Å². The van der Waals surface area contributed by atoms with Crippen LogP contribution in [0.5, 0.6) is 11.5 Å². The van der Waals surface area contributed by atoms with E-state index >= 15 is 0 Å². The summed E-state index contributed by atoms with van der Waals surface area (Å²) >= 11 is 1.46. The molecule has 0 radical (unpaired) electrons. The molecule has 6 rings (SSSR count). The Kier molecular flexibility index (Phi) is 5.85. The van der Waals surface area contributed by atoms with Crippen molar-refractivity contribution in [1.82, 2.24) is 21.3 Å². The summed E-state index contributed by atoms with van der Waals surface area (Å²) in [6.45, 7) is 3.15. The van der Waals surface area contributed by atoms with Crippen LogP contribution in [0.25, 0.3) is 0 Å². The van der Waals surface area contributed by atoms with E-state index in [9.17, 15) is 14.4 Å². The minimum absolute atomic E-state index is 0.00747. The number of carbonyl (C=O) groups excluding carboxylic acids is 3. The molecule has 3 fully saturated rings. The van der Waals surface area contributed by atoms with Crippen LogP contribution in [0.1, 0.15) is 18.4 Å². The molecule has 4 amide bonds. The number of urea groups is 1. The third-order valence-corrected chi connectivity index (χ3v) is 8.42. The molecule has 0 aliphatic carbocycles. The van der Waals surface area contributed by atoms with Gasteiger partial charge in [-0.1, -0.05) is 30.0 Å². The van der Waals surface area contributed by atoms with Gasteiger partial charge in [-0.3, -0.25) is 14.5 Å². The molecule has 0 saturated carbocycles. The van der Waals surface area contributed by atoms with Gasteiger partial charge in [0.1, 0.15) is 11.5 Å². The summed E-state index contributed by atoms with van der Waals surface area (Å²) < 4.78 is 5.97. The highest BCUT2D eigenvalue weighted by molar-refractivity contribution is 8.04. The van der Waals surface area contributed by atoms with Gasteiger partial charge in [-0.15, -0.1) is 0 Å². The Bertz CT molecular complexity index is 1270. The van der Waals surface area contributed by atoms with Crippen LogP contribution in [0.15, 0.2) is 59.1 Å². The van der Waals surface area contributed by atoms with E-state index in [2.05, 4.69) is 21.3 Å². The normalized spacial score (nSPS) is 26.9. The van der Waals surface area contributed by atoms with Gasteiger partial charge in [0.15, 0.2) is 0 Å². The molecular weight excluding hydrogens is 478 g/mol. The van der Waals surface area contributed by atoms with Crippen LogP contribution in [0.4, 0.5) is 10.5 Å². The molecule has 0 aromatic heterocycles. The number of aryl methyl sites for hydroxylation is 1. The molecule has 2 aromatic carbocycles. The van der Waals surface area contributed by atoms with Gasteiger partial charge < -0.3 is 26.0 Å². The molecule has 4 atom stereocenters. The van der Waals surface area contributed by atoms with Gasteiger partial charge in [0.05, 0.1) is 22.4 Å². The van der Waals surface area contributed by atoms with E-state index in [0.29, 0.717) is 22.9 Å². The number of amides is 4. The number of rotatable bonds is 5. The first kappa shape index (κ1) is 22.9. The third-order valence-electron chi connectivity index (χ3n) is 7.07. The first-order valence-corrected chi connectivity index (χ1v) is 13.0. The van der Waals surface area contributed by atoms with Gasteiger partial charge in [0.2, 0.25) is 5.91 Å². The summed E-state index contributed by atoms with van der Waals surface area (Å²) in [6.07, 6.45) is 1.05. The van der Waals surface area contributed by atoms with Crippen LogP contribution < -0.4 is 30.9 Å². The summed E-state index contributed by atoms with van der Waals surface area (Å²) in [5, 5.41) is 12.2. The van der Waals surface area contributed by atoms with Crippen LogP contribution in [-0.2, 0) is 9.59 Å². The van der Waals surface area contributed by atoms with Crippen LogP contribution in [-0.4, -0.2) is 48.4 Å². The number of carbonyl (C=O) groups is 3. The van der Waals surface area contributed by atoms with Crippen LogP contribution in [0, 0.1) is 12.8 Å². The lowest BCUT2D eigenvalue weighted by atomic mass is 9.86. The Labute approximate surface area is 213 Å². The maximum Gasteiger partial charge on any atom is 0.326 e. The SMILES string of the molecule is Cc1cc(Oc2ccccc2)ccc1N1C(=O)NC2=C(C(=O)NC3CNC(=O)C3)SC3NCCC1C23. The number of para-hydroxylation sites is 1. The minimum Gasteiger partial charge on any atom is -0.457 e. The maximum absolute atomic E-state index is 13.5. The van der Waals surface area contributed by atoms with Gasteiger partial charge >= 0.3 is 6.03 Å². The molecule has 0 spiro atoms. The van der Waals surface area contributed by atoms with Crippen molar-refractivity contribution in [3.05, 3.63) is 64.7 Å². The number of thioether (sulfide) groups is 1. The zero-order valence-corrected chi connectivity index (χ0v) is 20.6. The Hall–Kier alpha value is -3.50. The van der Waals surface area contributed by atoms with Gasteiger partial charge in [0.25, 0.3) is 5.91 Å². The summed E-state index contributed by atoms with van der Waals surface area (Å²) in [6, 6.07) is 14.8. The Morgan fingerprint density at radius 1 is 1.14 bits per heavy atom. The van der Waals surface area contributed by atoms with Crippen molar-refractivity contribution in [2.45, 2.75) is 37.2 Å². The molecule has 186 valence electrons. The fourth-order valence-electron chi connectivity index (χ4n) is 5.45. The van der Waals surface area contributed by atoms with Gasteiger partial charge in [-0.25, -0.2) is 4.79 Å². The molecule has 3 saturated heterocycles. The first-order chi connectivity index (χ1) is 17.5. The number of benzene rings is 2. The lowest BCUT2D eigenvalue weighted by Crippen LogP contribution is -2.62. The van der Waals surface area contributed by atoms with Crippen LogP contribution >= 0.6 is 11.8 Å². The largest absolute Gasteiger partial charge is 0.457 e. The number of anilines is 1. The lowest BCUT2D eigenvalue weighted by molar-refractivity contribution is -0.119. The lowest BCUT2D eigenvalue weighted by Gasteiger charge is -2.46. The van der Waals surface area contributed by atoms with E-state index in [1.807, 2.05) is 60.4 Å². The van der Waals surface area contributed by atoms with E-state index in [0.717, 1.165) is 30.0 Å². The standard InChI is InChI=1S/C26H27N5O4S/c1-14-11-17(35-16-5-3-2-4-6-16)7-8-18(14)31-19-9-10-27-25-21(19)22(30-26(31)34)23(36-25)24(33)29-15-12-20(32)28-13-15/h2-8,11,15,19,21,25,27H,9-10,12-13H2,1H3,(H,28,32)(H,29,33)(H,30,34). The molecule has 36 heavy (non-hydrogen) atoms. The van der Waals surface area contributed by atoms with Gasteiger partial charge in [0, 0.05) is 30.3 Å². The molecule has 0 bridgehead atoms. The zero-order valence-electron chi connectivity index (χ0n) is 19.7. The van der Waals surface area contributed by atoms with Crippen LogP contribution in [0.3, 0.4) is 0 Å². The van der Waals surface area contributed by atoms with Crippen LogP contribution in [0.2, 0.25) is 0 Å². The molecule has 4 unspecified atom stereocenters. The topological polar surface area (TPSA) is 112 Å². The number of piperidine rings is 1. The van der Waals surface area contributed by atoms with Crippen molar-refractivity contribution in [3.63, 3.8) is 0 Å². The summed E-state index contributed by atoms with van der Waals surface area (Å²) in [4.78, 5) is 40.5. The monoisotopic (exact) mass is 505 g/mol. The Morgan fingerprint density at radius 3 is 2.72 bits per heavy atom. The highest BCUT2D eigenvalue weighted by atomic mass is 32.2. The average Bonchev–Trinajstić information content (AvgIpc) is 3.44. The predicted octanol–water partition coefficient (Wildman–Crippen LogP) is 2.58. The Balaban J connectivity index is 1.26. The highest BCUT2D eigenvalue weighted by Gasteiger charge is 2.52. The smallest absolute Gasteiger partial charge is 0.326 e. The average molecular weight is 506 g/mol. The summed E-state index contributed by atoms with van der Waals surface area (Å²) in [5.74, 6) is 1.12. The van der Waals surface area contributed by atoms with E-state index in [1.165, 1.54) is 11.8 Å². The predicted molar refractivity (Wildman–Crippen MR) is 137 cm³/mol. The minimum atomic E-state index is -0.239. The second-order valence-corrected chi connectivity index (χ2v) is 10.6. The van der Waals surface area contributed by atoms with Crippen molar-refractivity contribution in [3.8, 4) is 11.5 Å². The summed E-state index contributed by atoms with van der Waals surface area (Å²) in [5.41, 5.74) is 2.44. The molecule has 2 aromatic rings. The van der Waals surface area contributed by atoms with Crippen molar-refractivity contribution in [2.75, 3.05) is 18.0 Å². The maximum atomic E-state index is 13.5. The van der Waals surface area contributed by atoms with E-state index < -0.39 is 0 Å². The fraction of sp³-hybridized carbons (Fsp3) is 0.346. The highest BCUT2D eigenvalue weighted by Crippen LogP contribution is 2.48. The molecule has 10 heteroatoms. The molecule has 4 aliphatic rings. The second kappa shape index (κ2) is 9.18. The van der Waals surface area contributed by atoms with E-state index in [4.69, 9.17) is 4.74 Å². The summed E-state index contributed by atoms with van der Waals surface area (Å²) in [7, 11) is 0. The molecular formula is C26H27N5O4S. The van der Waals surface area contributed by atoms with Crippen molar-refractivity contribution in [1.29, 1.82) is 0 Å². The zero-order chi connectivity index (χ0) is 24.8. The molecule has 4 heterocycles. The second-order valence-electron chi connectivity index (χ2n) is 9.46. The molecule has 4 N–H and O–H groups in total. The number of hydrogen-bond acceptors (Lipinski definition) is 6. The third kappa shape index (κ3) is 4.10. The van der Waals surface area contributed by atoms with Gasteiger partial charge in [-0.05, 0) is 55.8 Å². The number of nitrogens with zero attached hydrogens (tertiary/aromatic N) is 1.